The molecule has 2 aromatic heterocycles. The number of anilines is 3. The van der Waals surface area contributed by atoms with E-state index in [1.165, 1.54) is 96.3 Å². The molecule has 8 aromatic carbocycles. The van der Waals surface area contributed by atoms with E-state index in [1.54, 1.807) is 0 Å². The van der Waals surface area contributed by atoms with Crippen molar-refractivity contribution in [2.24, 2.45) is 0 Å². The van der Waals surface area contributed by atoms with Crippen molar-refractivity contribution >= 4 is 81.3 Å². The van der Waals surface area contributed by atoms with Gasteiger partial charge in [-0.2, -0.15) is 0 Å². The molecule has 1 fully saturated rings. The third kappa shape index (κ3) is 5.53. The molecule has 11 rings (SSSR count). The van der Waals surface area contributed by atoms with Crippen LogP contribution >= 0.6 is 11.3 Å². The van der Waals surface area contributed by atoms with Crippen LogP contribution in [0.25, 0.3) is 75.1 Å². The van der Waals surface area contributed by atoms with E-state index in [0.717, 1.165) is 33.6 Å². The molecule has 0 saturated heterocycles. The summed E-state index contributed by atoms with van der Waals surface area (Å²) >= 11 is 1.86. The lowest BCUT2D eigenvalue weighted by Crippen LogP contribution is -2.10. The van der Waals surface area contributed by atoms with E-state index in [-0.39, 0.29) is 0 Å². The van der Waals surface area contributed by atoms with Crippen LogP contribution in [0.15, 0.2) is 174 Å². The topological polar surface area (TPSA) is 16.4 Å². The van der Waals surface area contributed by atoms with Crippen molar-refractivity contribution in [3.63, 3.8) is 0 Å². The Balaban J connectivity index is 1.05. The number of para-hydroxylation sites is 2. The molecule has 0 N–H and O–H groups in total. The summed E-state index contributed by atoms with van der Waals surface area (Å²) in [6, 6.07) is 62.3. The first kappa shape index (κ1) is 32.3. The lowest BCUT2D eigenvalue weighted by Gasteiger charge is -2.26. The highest BCUT2D eigenvalue weighted by molar-refractivity contribution is 7.25. The summed E-state index contributed by atoms with van der Waals surface area (Å²) < 4.78 is 9.71. The number of fused-ring (bicyclic) bond motifs is 7. The van der Waals surface area contributed by atoms with Crippen LogP contribution in [0, 0.1) is 0 Å². The molecule has 55 heavy (non-hydrogen) atoms. The molecule has 1 aliphatic carbocycles. The molecule has 1 saturated carbocycles. The third-order valence-electron chi connectivity index (χ3n) is 11.9. The predicted molar refractivity (Wildman–Crippen MR) is 235 cm³/mol. The summed E-state index contributed by atoms with van der Waals surface area (Å²) in [6.45, 7) is 0. The molecule has 0 spiro atoms. The number of furan rings is 1. The zero-order valence-electron chi connectivity index (χ0n) is 30.5. The summed E-state index contributed by atoms with van der Waals surface area (Å²) in [5.74, 6) is 0.554. The molecular weight excluding hydrogens is 687 g/mol. The summed E-state index contributed by atoms with van der Waals surface area (Å²) in [6.07, 6.45) is 6.40. The molecule has 10 aromatic rings. The fourth-order valence-corrected chi connectivity index (χ4v) is 10.2. The number of thiophene rings is 1. The molecule has 2 nitrogen and oxygen atoms in total. The maximum Gasteiger partial charge on any atom is 0.159 e. The van der Waals surface area contributed by atoms with Gasteiger partial charge >= 0.3 is 0 Å². The van der Waals surface area contributed by atoms with Gasteiger partial charge in [-0.15, -0.1) is 11.3 Å². The van der Waals surface area contributed by atoms with Crippen LogP contribution in [0.3, 0.4) is 0 Å². The van der Waals surface area contributed by atoms with Crippen LogP contribution < -0.4 is 4.90 Å². The van der Waals surface area contributed by atoms with Crippen LogP contribution in [0.1, 0.15) is 43.6 Å². The fourth-order valence-electron chi connectivity index (χ4n) is 9.14. The Kier molecular flexibility index (Phi) is 7.81. The SMILES string of the molecule is c1ccc2c(-c3ccc(N(c4ccc(-c5ccc6sc7ccccc7c6c5)cc4)c4cccc5c4oc4c(C6CCCCC6)cccc45)cc3)cccc2c1. The summed E-state index contributed by atoms with van der Waals surface area (Å²) in [5, 5.41) is 7.53. The summed E-state index contributed by atoms with van der Waals surface area (Å²) in [4.78, 5) is 2.37. The van der Waals surface area contributed by atoms with Crippen LogP contribution in [-0.2, 0) is 0 Å². The van der Waals surface area contributed by atoms with Gasteiger partial charge in [0.2, 0.25) is 0 Å². The third-order valence-corrected chi connectivity index (χ3v) is 13.0. The highest BCUT2D eigenvalue weighted by Crippen LogP contribution is 2.46. The zero-order valence-corrected chi connectivity index (χ0v) is 31.4. The Hall–Kier alpha value is -6.16. The molecular formula is C52H39NOS. The normalized spacial score (nSPS) is 13.7. The monoisotopic (exact) mass is 725 g/mol. The van der Waals surface area contributed by atoms with Gasteiger partial charge in [0.25, 0.3) is 0 Å². The van der Waals surface area contributed by atoms with Crippen molar-refractivity contribution in [3.05, 3.63) is 175 Å². The average Bonchev–Trinajstić information content (AvgIpc) is 3.83. The van der Waals surface area contributed by atoms with E-state index in [9.17, 15) is 0 Å². The van der Waals surface area contributed by atoms with Crippen LogP contribution in [0.4, 0.5) is 17.1 Å². The highest BCUT2D eigenvalue weighted by atomic mass is 32.1. The van der Waals surface area contributed by atoms with Crippen molar-refractivity contribution < 1.29 is 4.42 Å². The van der Waals surface area contributed by atoms with E-state index < -0.39 is 0 Å². The zero-order chi connectivity index (χ0) is 36.3. The van der Waals surface area contributed by atoms with Gasteiger partial charge in [-0.1, -0.05) is 141 Å². The van der Waals surface area contributed by atoms with E-state index in [2.05, 4.69) is 175 Å². The van der Waals surface area contributed by atoms with Gasteiger partial charge in [-0.3, -0.25) is 0 Å². The lowest BCUT2D eigenvalue weighted by atomic mass is 9.83. The molecule has 0 atom stereocenters. The maximum absolute atomic E-state index is 7.05. The van der Waals surface area contributed by atoms with Gasteiger partial charge in [-0.25, -0.2) is 0 Å². The van der Waals surface area contributed by atoms with Crippen LogP contribution in [-0.4, -0.2) is 0 Å². The van der Waals surface area contributed by atoms with Crippen molar-refractivity contribution in [2.75, 3.05) is 4.90 Å². The standard InChI is InChI=1S/C52H39NOS/c1-2-11-36(12-3-1)43-18-9-19-45-46-20-10-21-48(52(46)54-51(43)45)53(40-30-25-37(26-31-40)42-17-8-14-35-13-4-5-15-41(35)42)39-28-23-34(24-29-39)38-27-32-50-47(33-38)44-16-6-7-22-49(44)55-50/h4-10,13-33,36H,1-3,11-12H2. The largest absolute Gasteiger partial charge is 0.454 e. The summed E-state index contributed by atoms with van der Waals surface area (Å²) in [5.41, 5.74) is 11.4. The summed E-state index contributed by atoms with van der Waals surface area (Å²) in [7, 11) is 0. The number of hydrogen-bond acceptors (Lipinski definition) is 3. The van der Waals surface area contributed by atoms with E-state index in [4.69, 9.17) is 4.42 Å². The van der Waals surface area contributed by atoms with E-state index in [0.29, 0.717) is 5.92 Å². The van der Waals surface area contributed by atoms with Crippen molar-refractivity contribution in [1.29, 1.82) is 0 Å². The Morgan fingerprint density at radius 2 is 1.07 bits per heavy atom. The molecule has 0 bridgehead atoms. The quantitative estimate of drug-likeness (QED) is 0.170. The molecule has 0 aliphatic heterocycles. The second-order valence-corrected chi connectivity index (χ2v) is 16.2. The Bertz CT molecular complexity index is 3010. The average molecular weight is 726 g/mol. The second kappa shape index (κ2) is 13.3. The predicted octanol–water partition coefficient (Wildman–Crippen LogP) is 16.0. The Labute approximate surface area is 324 Å². The van der Waals surface area contributed by atoms with Crippen molar-refractivity contribution in [3.8, 4) is 22.3 Å². The lowest BCUT2D eigenvalue weighted by molar-refractivity contribution is 0.442. The van der Waals surface area contributed by atoms with Crippen molar-refractivity contribution in [1.82, 2.24) is 0 Å². The molecule has 0 amide bonds. The van der Waals surface area contributed by atoms with E-state index in [1.807, 2.05) is 11.3 Å². The number of benzene rings is 8. The highest BCUT2D eigenvalue weighted by Gasteiger charge is 2.24. The van der Waals surface area contributed by atoms with Gasteiger partial charge in [0, 0.05) is 42.3 Å². The van der Waals surface area contributed by atoms with Crippen LogP contribution in [0.2, 0.25) is 0 Å². The Morgan fingerprint density at radius 1 is 0.455 bits per heavy atom. The molecule has 2 heterocycles. The Morgan fingerprint density at radius 3 is 1.89 bits per heavy atom. The first-order valence-electron chi connectivity index (χ1n) is 19.6. The number of nitrogens with zero attached hydrogens (tertiary/aromatic N) is 1. The molecule has 0 unspecified atom stereocenters. The first-order chi connectivity index (χ1) is 27.3. The minimum absolute atomic E-state index is 0.554. The number of hydrogen-bond donors (Lipinski definition) is 0. The minimum Gasteiger partial charge on any atom is -0.454 e. The van der Waals surface area contributed by atoms with Gasteiger partial charge in [0.05, 0.1) is 5.69 Å². The second-order valence-electron chi connectivity index (χ2n) is 15.1. The minimum atomic E-state index is 0.554. The van der Waals surface area contributed by atoms with Gasteiger partial charge < -0.3 is 9.32 Å². The molecule has 264 valence electrons. The van der Waals surface area contributed by atoms with Crippen LogP contribution in [0.5, 0.6) is 0 Å². The van der Waals surface area contributed by atoms with E-state index >= 15 is 0 Å². The van der Waals surface area contributed by atoms with Gasteiger partial charge in [0.15, 0.2) is 5.58 Å². The van der Waals surface area contributed by atoms with Gasteiger partial charge in [0.1, 0.15) is 5.58 Å². The first-order valence-corrected chi connectivity index (χ1v) is 20.4. The molecule has 0 radical (unpaired) electrons. The van der Waals surface area contributed by atoms with Gasteiger partial charge in [-0.05, 0) is 106 Å². The fraction of sp³-hybridized carbons (Fsp3) is 0.115. The number of rotatable bonds is 6. The smallest absolute Gasteiger partial charge is 0.159 e. The van der Waals surface area contributed by atoms with Crippen molar-refractivity contribution in [2.45, 2.75) is 38.0 Å². The maximum atomic E-state index is 7.05. The molecule has 3 heteroatoms. The molecule has 1 aliphatic rings.